The van der Waals surface area contributed by atoms with Crippen molar-refractivity contribution < 1.29 is 9.84 Å². The Labute approximate surface area is 132 Å². The molecule has 0 bridgehead atoms. The van der Waals surface area contributed by atoms with E-state index in [1.54, 1.807) is 6.07 Å². The Morgan fingerprint density at radius 2 is 1.95 bits per heavy atom. The fraction of sp³-hybridized carbons (Fsp3) is 0.250. The number of benzene rings is 2. The van der Waals surface area contributed by atoms with Crippen molar-refractivity contribution in [2.75, 3.05) is 6.61 Å². The van der Waals surface area contributed by atoms with E-state index in [4.69, 9.17) is 16.3 Å². The van der Waals surface area contributed by atoms with Gasteiger partial charge in [0.25, 0.3) is 0 Å². The molecule has 0 aliphatic carbocycles. The van der Waals surface area contributed by atoms with Crippen LogP contribution < -0.4 is 4.74 Å². The molecule has 0 spiro atoms. The van der Waals surface area contributed by atoms with Gasteiger partial charge in [0, 0.05) is 15.1 Å². The van der Waals surface area contributed by atoms with Gasteiger partial charge in [0.15, 0.2) is 0 Å². The van der Waals surface area contributed by atoms with E-state index in [9.17, 15) is 5.11 Å². The van der Waals surface area contributed by atoms with Crippen molar-refractivity contribution in [1.29, 1.82) is 0 Å². The number of halogens is 2. The van der Waals surface area contributed by atoms with E-state index in [-0.39, 0.29) is 0 Å². The van der Waals surface area contributed by atoms with Crippen LogP contribution in [0.2, 0.25) is 5.02 Å². The minimum atomic E-state index is -0.771. The molecular weight excluding hydrogens is 340 g/mol. The summed E-state index contributed by atoms with van der Waals surface area (Å²) in [5.41, 5.74) is 2.51. The third kappa shape index (κ3) is 3.35. The highest BCUT2D eigenvalue weighted by Crippen LogP contribution is 2.34. The standard InChI is InChI=1S/C16H16BrClO2/c1-3-20-15-7-5-11(17)8-14(15)16(19)13-9-12(18)6-4-10(13)2/h4-9,16,19H,3H2,1-2H3. The predicted octanol–water partition coefficient (Wildman–Crippen LogP) is 4.89. The summed E-state index contributed by atoms with van der Waals surface area (Å²) in [5.74, 6) is 0.683. The topological polar surface area (TPSA) is 29.5 Å². The maximum absolute atomic E-state index is 10.7. The van der Waals surface area contributed by atoms with E-state index in [1.165, 1.54) is 0 Å². The van der Waals surface area contributed by atoms with Gasteiger partial charge in [0.2, 0.25) is 0 Å². The number of hydrogen-bond acceptors (Lipinski definition) is 2. The van der Waals surface area contributed by atoms with Crippen molar-refractivity contribution in [3.05, 3.63) is 62.6 Å². The van der Waals surface area contributed by atoms with Crippen LogP contribution in [-0.2, 0) is 0 Å². The highest BCUT2D eigenvalue weighted by molar-refractivity contribution is 9.10. The second kappa shape index (κ2) is 6.61. The molecule has 0 saturated carbocycles. The lowest BCUT2D eigenvalue weighted by molar-refractivity contribution is 0.211. The highest BCUT2D eigenvalue weighted by Gasteiger charge is 2.18. The summed E-state index contributed by atoms with van der Waals surface area (Å²) in [6.45, 7) is 4.42. The van der Waals surface area contributed by atoms with E-state index in [0.29, 0.717) is 17.4 Å². The molecule has 1 atom stereocenters. The summed E-state index contributed by atoms with van der Waals surface area (Å²) in [5, 5.41) is 11.3. The first-order valence-electron chi connectivity index (χ1n) is 6.39. The molecule has 0 saturated heterocycles. The van der Waals surface area contributed by atoms with Gasteiger partial charge in [0.05, 0.1) is 6.61 Å². The normalized spacial score (nSPS) is 12.2. The minimum absolute atomic E-state index is 0.551. The molecule has 1 unspecified atom stereocenters. The Morgan fingerprint density at radius 1 is 1.20 bits per heavy atom. The van der Waals surface area contributed by atoms with Crippen molar-refractivity contribution in [3.63, 3.8) is 0 Å². The summed E-state index contributed by atoms with van der Waals surface area (Å²) in [4.78, 5) is 0. The Morgan fingerprint density at radius 3 is 2.65 bits per heavy atom. The molecule has 4 heteroatoms. The average Bonchev–Trinajstić information content (AvgIpc) is 2.43. The van der Waals surface area contributed by atoms with Gasteiger partial charge in [-0.25, -0.2) is 0 Å². The quantitative estimate of drug-likeness (QED) is 0.846. The zero-order chi connectivity index (χ0) is 14.7. The lowest BCUT2D eigenvalue weighted by Crippen LogP contribution is -2.05. The largest absolute Gasteiger partial charge is 0.493 e. The van der Waals surface area contributed by atoms with Crippen LogP contribution in [-0.4, -0.2) is 11.7 Å². The Kier molecular flexibility index (Phi) is 5.08. The molecule has 0 fully saturated rings. The van der Waals surface area contributed by atoms with Crippen LogP contribution in [0, 0.1) is 6.92 Å². The maximum Gasteiger partial charge on any atom is 0.125 e. The zero-order valence-electron chi connectivity index (χ0n) is 11.4. The van der Waals surface area contributed by atoms with Gasteiger partial charge in [-0.1, -0.05) is 33.6 Å². The van der Waals surface area contributed by atoms with Crippen LogP contribution in [0.1, 0.15) is 29.7 Å². The van der Waals surface area contributed by atoms with Gasteiger partial charge in [-0.05, 0) is 55.3 Å². The van der Waals surface area contributed by atoms with E-state index < -0.39 is 6.10 Å². The summed E-state index contributed by atoms with van der Waals surface area (Å²) in [6.07, 6.45) is -0.771. The molecule has 2 rings (SSSR count). The molecule has 1 N–H and O–H groups in total. The lowest BCUT2D eigenvalue weighted by Gasteiger charge is -2.18. The van der Waals surface area contributed by atoms with Crippen LogP contribution in [0.15, 0.2) is 40.9 Å². The monoisotopic (exact) mass is 354 g/mol. The molecule has 106 valence electrons. The summed E-state index contributed by atoms with van der Waals surface area (Å²) in [6, 6.07) is 11.1. The summed E-state index contributed by atoms with van der Waals surface area (Å²) in [7, 11) is 0. The van der Waals surface area contributed by atoms with E-state index >= 15 is 0 Å². The molecule has 0 radical (unpaired) electrons. The Balaban J connectivity index is 2.49. The molecule has 0 aromatic heterocycles. The zero-order valence-corrected chi connectivity index (χ0v) is 13.7. The van der Waals surface area contributed by atoms with Gasteiger partial charge in [-0.15, -0.1) is 0 Å². The van der Waals surface area contributed by atoms with Crippen LogP contribution in [0.4, 0.5) is 0 Å². The van der Waals surface area contributed by atoms with Crippen LogP contribution in [0.25, 0.3) is 0 Å². The first-order chi connectivity index (χ1) is 9.52. The van der Waals surface area contributed by atoms with Gasteiger partial charge in [-0.3, -0.25) is 0 Å². The van der Waals surface area contributed by atoms with Gasteiger partial charge >= 0.3 is 0 Å². The molecule has 2 aromatic rings. The molecule has 20 heavy (non-hydrogen) atoms. The van der Waals surface area contributed by atoms with E-state index in [0.717, 1.165) is 21.2 Å². The van der Waals surface area contributed by atoms with Crippen LogP contribution in [0.3, 0.4) is 0 Å². The molecule has 0 aliphatic heterocycles. The van der Waals surface area contributed by atoms with E-state index in [2.05, 4.69) is 15.9 Å². The SMILES string of the molecule is CCOc1ccc(Br)cc1C(O)c1cc(Cl)ccc1C. The van der Waals surface area contributed by atoms with Crippen molar-refractivity contribution in [2.45, 2.75) is 20.0 Å². The smallest absolute Gasteiger partial charge is 0.125 e. The average molecular weight is 356 g/mol. The first kappa shape index (κ1) is 15.4. The van der Waals surface area contributed by atoms with Crippen molar-refractivity contribution in [3.8, 4) is 5.75 Å². The third-order valence-electron chi connectivity index (χ3n) is 3.10. The second-order valence-electron chi connectivity index (χ2n) is 4.52. The number of aryl methyl sites for hydroxylation is 1. The number of aliphatic hydroxyl groups excluding tert-OH is 1. The molecule has 2 nitrogen and oxygen atoms in total. The molecular formula is C16H16BrClO2. The van der Waals surface area contributed by atoms with Crippen molar-refractivity contribution in [2.24, 2.45) is 0 Å². The summed E-state index contributed by atoms with van der Waals surface area (Å²) < 4.78 is 6.49. The number of hydrogen-bond donors (Lipinski definition) is 1. The predicted molar refractivity (Wildman–Crippen MR) is 85.6 cm³/mol. The van der Waals surface area contributed by atoms with Gasteiger partial charge < -0.3 is 9.84 Å². The first-order valence-corrected chi connectivity index (χ1v) is 7.56. The fourth-order valence-corrected chi connectivity index (χ4v) is 2.65. The molecule has 0 heterocycles. The Bertz CT molecular complexity index is 613. The van der Waals surface area contributed by atoms with Gasteiger partial charge in [0.1, 0.15) is 11.9 Å². The molecule has 0 amide bonds. The Hall–Kier alpha value is -1.03. The highest BCUT2D eigenvalue weighted by atomic mass is 79.9. The minimum Gasteiger partial charge on any atom is -0.493 e. The number of ether oxygens (including phenoxy) is 1. The molecule has 2 aromatic carbocycles. The number of rotatable bonds is 4. The van der Waals surface area contributed by atoms with Crippen molar-refractivity contribution in [1.82, 2.24) is 0 Å². The van der Waals surface area contributed by atoms with Crippen LogP contribution in [0.5, 0.6) is 5.75 Å². The second-order valence-corrected chi connectivity index (χ2v) is 5.87. The maximum atomic E-state index is 10.7. The summed E-state index contributed by atoms with van der Waals surface area (Å²) >= 11 is 9.46. The van der Waals surface area contributed by atoms with E-state index in [1.807, 2.05) is 44.2 Å². The molecule has 0 aliphatic rings. The van der Waals surface area contributed by atoms with Crippen molar-refractivity contribution >= 4 is 27.5 Å². The van der Waals surface area contributed by atoms with Crippen LogP contribution >= 0.6 is 27.5 Å². The fourth-order valence-electron chi connectivity index (χ4n) is 2.09. The van der Waals surface area contributed by atoms with Gasteiger partial charge in [-0.2, -0.15) is 0 Å². The lowest BCUT2D eigenvalue weighted by atomic mass is 9.97. The number of aliphatic hydroxyl groups is 1. The third-order valence-corrected chi connectivity index (χ3v) is 3.83.